The molecule has 0 spiro atoms. The predicted molar refractivity (Wildman–Crippen MR) is 107 cm³/mol. The van der Waals surface area contributed by atoms with Crippen molar-refractivity contribution in [1.82, 2.24) is 4.98 Å². The standard InChI is InChI=1S/C22H24N2O4/c1-26-16-8-9-19-18(11-16)15(12-24-19)7-6-14(22(23)25)10-17-13-27-20-4-2-3-5-21(20)28-17/h2-5,8-9,11-12,14,17,24H,6-7,10,13H2,1H3,(H2,23,25). The van der Waals surface area contributed by atoms with E-state index >= 15 is 0 Å². The van der Waals surface area contributed by atoms with Gasteiger partial charge in [0, 0.05) is 23.0 Å². The lowest BCUT2D eigenvalue weighted by Gasteiger charge is -2.28. The van der Waals surface area contributed by atoms with Crippen LogP contribution in [0.5, 0.6) is 17.2 Å². The molecule has 2 atom stereocenters. The number of primary amides is 1. The zero-order valence-electron chi connectivity index (χ0n) is 15.8. The van der Waals surface area contributed by atoms with Gasteiger partial charge in [0.1, 0.15) is 18.5 Å². The van der Waals surface area contributed by atoms with Gasteiger partial charge in [0.05, 0.1) is 7.11 Å². The summed E-state index contributed by atoms with van der Waals surface area (Å²) in [6, 6.07) is 13.5. The van der Waals surface area contributed by atoms with Crippen molar-refractivity contribution in [2.75, 3.05) is 13.7 Å². The topological polar surface area (TPSA) is 86.6 Å². The van der Waals surface area contributed by atoms with Gasteiger partial charge in [0.25, 0.3) is 0 Å². The molecule has 146 valence electrons. The van der Waals surface area contributed by atoms with Gasteiger partial charge >= 0.3 is 0 Å². The fourth-order valence-electron chi connectivity index (χ4n) is 3.69. The van der Waals surface area contributed by atoms with Crippen molar-refractivity contribution in [2.45, 2.75) is 25.4 Å². The molecule has 1 aliphatic rings. The van der Waals surface area contributed by atoms with E-state index in [4.69, 9.17) is 19.9 Å². The van der Waals surface area contributed by atoms with E-state index in [-0.39, 0.29) is 17.9 Å². The van der Waals surface area contributed by atoms with Gasteiger partial charge < -0.3 is 24.9 Å². The summed E-state index contributed by atoms with van der Waals surface area (Å²) in [4.78, 5) is 15.3. The van der Waals surface area contributed by atoms with E-state index in [0.29, 0.717) is 25.2 Å². The van der Waals surface area contributed by atoms with Gasteiger partial charge in [0.15, 0.2) is 11.5 Å². The summed E-state index contributed by atoms with van der Waals surface area (Å²) < 4.78 is 17.1. The Balaban J connectivity index is 1.43. The van der Waals surface area contributed by atoms with Crippen LogP contribution in [-0.4, -0.2) is 30.7 Å². The molecule has 0 fully saturated rings. The van der Waals surface area contributed by atoms with E-state index in [1.54, 1.807) is 7.11 Å². The molecule has 0 saturated heterocycles. The van der Waals surface area contributed by atoms with Crippen LogP contribution < -0.4 is 19.9 Å². The molecule has 1 aromatic heterocycles. The van der Waals surface area contributed by atoms with Crippen molar-refractivity contribution in [3.05, 3.63) is 54.2 Å². The highest BCUT2D eigenvalue weighted by Crippen LogP contribution is 2.33. The highest BCUT2D eigenvalue weighted by atomic mass is 16.6. The van der Waals surface area contributed by atoms with Crippen LogP contribution in [0.15, 0.2) is 48.7 Å². The van der Waals surface area contributed by atoms with Crippen molar-refractivity contribution in [3.8, 4) is 17.2 Å². The SMILES string of the molecule is COc1ccc2[nH]cc(CCC(CC3COc4ccccc4O3)C(N)=O)c2c1. The molecule has 2 heterocycles. The Labute approximate surface area is 163 Å². The minimum absolute atomic E-state index is 0.185. The molecule has 2 unspecified atom stereocenters. The average Bonchev–Trinajstić information content (AvgIpc) is 3.12. The number of para-hydroxylation sites is 2. The van der Waals surface area contributed by atoms with Crippen LogP contribution in [0.4, 0.5) is 0 Å². The molecule has 1 amide bonds. The number of hydrogen-bond donors (Lipinski definition) is 2. The number of aryl methyl sites for hydroxylation is 1. The maximum absolute atomic E-state index is 12.0. The first-order chi connectivity index (χ1) is 13.6. The zero-order valence-corrected chi connectivity index (χ0v) is 15.8. The number of carbonyl (C=O) groups excluding carboxylic acids is 1. The number of hydrogen-bond acceptors (Lipinski definition) is 4. The van der Waals surface area contributed by atoms with E-state index in [1.165, 1.54) is 0 Å². The van der Waals surface area contributed by atoms with Gasteiger partial charge in [0.2, 0.25) is 5.91 Å². The Hall–Kier alpha value is -3.15. The number of aromatic nitrogens is 1. The maximum atomic E-state index is 12.0. The molecule has 0 radical (unpaired) electrons. The second-order valence-corrected chi connectivity index (χ2v) is 7.10. The zero-order chi connectivity index (χ0) is 19.5. The van der Waals surface area contributed by atoms with Gasteiger partial charge in [-0.3, -0.25) is 4.79 Å². The predicted octanol–water partition coefficient (Wildman–Crippen LogP) is 3.44. The molecule has 0 bridgehead atoms. The third kappa shape index (κ3) is 3.76. The Kier molecular flexibility index (Phi) is 5.10. The molecule has 0 aliphatic carbocycles. The van der Waals surface area contributed by atoms with Gasteiger partial charge in [-0.1, -0.05) is 12.1 Å². The third-order valence-corrected chi connectivity index (χ3v) is 5.25. The Morgan fingerprint density at radius 1 is 1.29 bits per heavy atom. The van der Waals surface area contributed by atoms with Gasteiger partial charge in [-0.2, -0.15) is 0 Å². The number of carbonyl (C=O) groups is 1. The van der Waals surface area contributed by atoms with E-state index < -0.39 is 0 Å². The highest BCUT2D eigenvalue weighted by molar-refractivity contribution is 5.84. The molecule has 0 saturated carbocycles. The Morgan fingerprint density at radius 2 is 2.11 bits per heavy atom. The van der Waals surface area contributed by atoms with Crippen molar-refractivity contribution in [3.63, 3.8) is 0 Å². The number of nitrogens with two attached hydrogens (primary N) is 1. The summed E-state index contributed by atoms with van der Waals surface area (Å²) >= 11 is 0. The van der Waals surface area contributed by atoms with E-state index in [1.807, 2.05) is 48.7 Å². The van der Waals surface area contributed by atoms with Crippen molar-refractivity contribution < 1.29 is 19.0 Å². The first-order valence-electron chi connectivity index (χ1n) is 9.46. The van der Waals surface area contributed by atoms with Gasteiger partial charge in [-0.05, 0) is 55.2 Å². The molecule has 6 heteroatoms. The third-order valence-electron chi connectivity index (χ3n) is 5.25. The number of fused-ring (bicyclic) bond motifs is 2. The smallest absolute Gasteiger partial charge is 0.220 e. The van der Waals surface area contributed by atoms with Gasteiger partial charge in [-0.25, -0.2) is 0 Å². The molecular formula is C22H24N2O4. The molecule has 4 rings (SSSR count). The molecule has 1 aliphatic heterocycles. The maximum Gasteiger partial charge on any atom is 0.220 e. The van der Waals surface area contributed by atoms with E-state index in [2.05, 4.69) is 4.98 Å². The summed E-state index contributed by atoms with van der Waals surface area (Å²) in [6.45, 7) is 0.422. The van der Waals surface area contributed by atoms with Crippen LogP contribution in [0, 0.1) is 5.92 Å². The largest absolute Gasteiger partial charge is 0.497 e. The van der Waals surface area contributed by atoms with Crippen LogP contribution in [0.25, 0.3) is 10.9 Å². The molecular weight excluding hydrogens is 356 g/mol. The van der Waals surface area contributed by atoms with E-state index in [0.717, 1.165) is 34.4 Å². The lowest BCUT2D eigenvalue weighted by Crippen LogP contribution is -2.35. The number of ether oxygens (including phenoxy) is 3. The summed E-state index contributed by atoms with van der Waals surface area (Å²) in [5, 5.41) is 1.11. The quantitative estimate of drug-likeness (QED) is 0.657. The fourth-order valence-corrected chi connectivity index (χ4v) is 3.69. The average molecular weight is 380 g/mol. The molecule has 3 aromatic rings. The van der Waals surface area contributed by atoms with Crippen LogP contribution in [-0.2, 0) is 11.2 Å². The first-order valence-corrected chi connectivity index (χ1v) is 9.46. The first kappa shape index (κ1) is 18.2. The second-order valence-electron chi connectivity index (χ2n) is 7.10. The number of H-pyrrole nitrogens is 1. The molecule has 3 N–H and O–H groups in total. The number of amides is 1. The normalized spacial score (nSPS) is 16.7. The van der Waals surface area contributed by atoms with E-state index in [9.17, 15) is 4.79 Å². The van der Waals surface area contributed by atoms with Crippen molar-refractivity contribution in [2.24, 2.45) is 11.7 Å². The lowest BCUT2D eigenvalue weighted by molar-refractivity contribution is -0.123. The summed E-state index contributed by atoms with van der Waals surface area (Å²) in [7, 11) is 1.65. The van der Waals surface area contributed by atoms with Crippen molar-refractivity contribution in [1.29, 1.82) is 0 Å². The highest BCUT2D eigenvalue weighted by Gasteiger charge is 2.27. The summed E-state index contributed by atoms with van der Waals surface area (Å²) in [5.74, 6) is 1.67. The van der Waals surface area contributed by atoms with Gasteiger partial charge in [-0.15, -0.1) is 0 Å². The van der Waals surface area contributed by atoms with Crippen LogP contribution in [0.2, 0.25) is 0 Å². The monoisotopic (exact) mass is 380 g/mol. The Morgan fingerprint density at radius 3 is 2.89 bits per heavy atom. The minimum Gasteiger partial charge on any atom is -0.497 e. The Bertz CT molecular complexity index is 982. The lowest BCUT2D eigenvalue weighted by atomic mass is 9.93. The van der Waals surface area contributed by atoms with Crippen LogP contribution in [0.1, 0.15) is 18.4 Å². The van der Waals surface area contributed by atoms with Crippen LogP contribution >= 0.6 is 0 Å². The van der Waals surface area contributed by atoms with Crippen LogP contribution in [0.3, 0.4) is 0 Å². The fraction of sp³-hybridized carbons (Fsp3) is 0.318. The molecule has 28 heavy (non-hydrogen) atoms. The summed E-state index contributed by atoms with van der Waals surface area (Å²) in [6.07, 6.45) is 3.73. The number of methoxy groups -OCH3 is 1. The number of nitrogens with one attached hydrogen (secondary N) is 1. The number of aromatic amines is 1. The summed E-state index contributed by atoms with van der Waals surface area (Å²) in [5.41, 5.74) is 7.88. The molecule has 2 aromatic carbocycles. The number of benzene rings is 2. The minimum atomic E-state index is -0.306. The molecule has 6 nitrogen and oxygen atoms in total. The van der Waals surface area contributed by atoms with Crippen molar-refractivity contribution >= 4 is 16.8 Å². The number of rotatable bonds is 7. The second kappa shape index (κ2) is 7.84.